The third-order valence-corrected chi connectivity index (χ3v) is 4.38. The molecule has 0 aliphatic rings. The zero-order chi connectivity index (χ0) is 18.1. The van der Waals surface area contributed by atoms with Gasteiger partial charge in [0, 0.05) is 29.9 Å². The van der Waals surface area contributed by atoms with Gasteiger partial charge in [0.15, 0.2) is 0 Å². The summed E-state index contributed by atoms with van der Waals surface area (Å²) in [7, 11) is -4.17. The Morgan fingerprint density at radius 1 is 1.29 bits per heavy atom. The lowest BCUT2D eigenvalue weighted by atomic mass is 10.1. The van der Waals surface area contributed by atoms with E-state index in [-0.39, 0.29) is 17.8 Å². The lowest BCUT2D eigenvalue weighted by Gasteiger charge is -2.12. The van der Waals surface area contributed by atoms with Crippen molar-refractivity contribution in [3.63, 3.8) is 0 Å². The van der Waals surface area contributed by atoms with Gasteiger partial charge in [-0.3, -0.25) is 14.9 Å². The number of hydrogen-bond acceptors (Lipinski definition) is 6. The Balaban J connectivity index is 2.41. The zero-order valence-corrected chi connectivity index (χ0v) is 13.8. The molecule has 0 fully saturated rings. The van der Waals surface area contributed by atoms with Crippen LogP contribution < -0.4 is 16.0 Å². The van der Waals surface area contributed by atoms with Crippen molar-refractivity contribution in [1.29, 1.82) is 0 Å². The summed E-state index contributed by atoms with van der Waals surface area (Å²) in [4.78, 5) is 24.3. The van der Waals surface area contributed by atoms with Crippen LogP contribution in [0.5, 0.6) is 0 Å². The van der Waals surface area contributed by atoms with Crippen molar-refractivity contribution in [2.24, 2.45) is 5.14 Å². The number of nitrogens with zero attached hydrogens (tertiary/aromatic N) is 1. The highest BCUT2D eigenvalue weighted by Gasteiger charge is 2.19. The van der Waals surface area contributed by atoms with Gasteiger partial charge in [0.25, 0.3) is 11.2 Å². The van der Waals surface area contributed by atoms with E-state index in [4.69, 9.17) is 5.14 Å². The second-order valence-electron chi connectivity index (χ2n) is 5.28. The minimum absolute atomic E-state index is 0.0434. The van der Waals surface area contributed by atoms with E-state index in [1.807, 2.05) is 0 Å². The van der Waals surface area contributed by atoms with Crippen LogP contribution in [0.25, 0.3) is 0 Å². The summed E-state index contributed by atoms with van der Waals surface area (Å²) in [6, 6.07) is 5.07. The maximum absolute atomic E-state index is 12.0. The molecular weight excluding hydrogens is 336 g/mol. The number of primary sulfonamides is 1. The smallest absolute Gasteiger partial charge is 0.270 e. The molecule has 0 saturated heterocycles. The number of rotatable bonds is 5. The third kappa shape index (κ3) is 3.78. The van der Waals surface area contributed by atoms with Gasteiger partial charge in [-0.1, -0.05) is 0 Å². The molecule has 0 aliphatic carbocycles. The van der Waals surface area contributed by atoms with Crippen LogP contribution in [0, 0.1) is 24.0 Å². The van der Waals surface area contributed by atoms with E-state index in [1.165, 1.54) is 6.07 Å². The predicted molar refractivity (Wildman–Crippen MR) is 88.3 cm³/mol. The second kappa shape index (κ2) is 6.42. The van der Waals surface area contributed by atoms with E-state index in [0.717, 1.165) is 17.7 Å². The molecule has 24 heavy (non-hydrogen) atoms. The maximum atomic E-state index is 12.0. The summed E-state index contributed by atoms with van der Waals surface area (Å²) in [5.41, 5.74) is 1.28. The highest BCUT2D eigenvalue weighted by molar-refractivity contribution is 7.89. The van der Waals surface area contributed by atoms with Gasteiger partial charge in [-0.15, -0.1) is 0 Å². The van der Waals surface area contributed by atoms with Crippen LogP contribution in [0.15, 0.2) is 34.0 Å². The summed E-state index contributed by atoms with van der Waals surface area (Å²) in [5.74, 6) is 0. The monoisotopic (exact) mass is 352 g/mol. The van der Waals surface area contributed by atoms with Crippen molar-refractivity contribution in [3.8, 4) is 0 Å². The van der Waals surface area contributed by atoms with Crippen LogP contribution in [-0.2, 0) is 16.6 Å². The quantitative estimate of drug-likeness (QED) is 0.543. The molecule has 0 atom stereocenters. The highest BCUT2D eigenvalue weighted by atomic mass is 32.2. The number of hydrogen-bond donors (Lipinski definition) is 3. The van der Waals surface area contributed by atoms with Crippen LogP contribution in [-0.4, -0.2) is 18.3 Å². The van der Waals surface area contributed by atoms with Gasteiger partial charge in [-0.25, -0.2) is 13.6 Å². The fourth-order valence-corrected chi connectivity index (χ4v) is 3.02. The van der Waals surface area contributed by atoms with Gasteiger partial charge in [-0.05, 0) is 31.5 Å². The molecule has 0 bridgehead atoms. The molecule has 1 aromatic heterocycles. The molecule has 0 spiro atoms. The van der Waals surface area contributed by atoms with Crippen molar-refractivity contribution in [2.45, 2.75) is 25.3 Å². The van der Waals surface area contributed by atoms with Gasteiger partial charge < -0.3 is 10.3 Å². The van der Waals surface area contributed by atoms with Gasteiger partial charge in [0.2, 0.25) is 10.0 Å². The molecule has 1 aromatic carbocycles. The molecule has 4 N–H and O–H groups in total. The number of nitro groups is 1. The predicted octanol–water partition coefficient (Wildman–Crippen LogP) is 1.16. The van der Waals surface area contributed by atoms with E-state index in [0.29, 0.717) is 11.3 Å². The molecule has 0 aliphatic heterocycles. The Morgan fingerprint density at radius 2 is 1.96 bits per heavy atom. The van der Waals surface area contributed by atoms with Crippen LogP contribution >= 0.6 is 0 Å². The summed E-state index contributed by atoms with van der Waals surface area (Å²) in [5, 5.41) is 18.7. The molecular formula is C14H16N4O5S. The molecule has 0 saturated carbocycles. The molecule has 128 valence electrons. The Morgan fingerprint density at radius 3 is 2.50 bits per heavy atom. The fraction of sp³-hybridized carbons (Fsp3) is 0.214. The van der Waals surface area contributed by atoms with E-state index < -0.39 is 25.5 Å². The standard InChI is InChI=1S/C14H16N4O5S/c1-8-5-9(2)17-14(19)11(8)7-16-12-4-3-10(18(20)21)6-13(12)24(15,22)23/h3-6,16H,7H2,1-2H3,(H,17,19)(H2,15,22,23). The van der Waals surface area contributed by atoms with Gasteiger partial charge in [-0.2, -0.15) is 0 Å². The average Bonchev–Trinajstić information content (AvgIpc) is 2.44. The number of pyridine rings is 1. The minimum Gasteiger partial charge on any atom is -0.380 e. The Hall–Kier alpha value is -2.72. The van der Waals surface area contributed by atoms with Crippen LogP contribution in [0.3, 0.4) is 0 Å². The van der Waals surface area contributed by atoms with Crippen molar-refractivity contribution in [1.82, 2.24) is 4.98 Å². The SMILES string of the molecule is Cc1cc(C)c(CNc2ccc([N+](=O)[O-])cc2S(N)(=O)=O)c(=O)[nH]1. The first-order valence-electron chi connectivity index (χ1n) is 6.84. The minimum atomic E-state index is -4.17. The molecule has 9 nitrogen and oxygen atoms in total. The summed E-state index contributed by atoms with van der Waals surface area (Å²) in [6.07, 6.45) is 0. The number of benzene rings is 1. The Labute approximate surface area is 137 Å². The topological polar surface area (TPSA) is 148 Å². The van der Waals surface area contributed by atoms with E-state index in [9.17, 15) is 23.3 Å². The number of sulfonamides is 1. The number of nitrogens with one attached hydrogen (secondary N) is 2. The van der Waals surface area contributed by atoms with E-state index in [2.05, 4.69) is 10.3 Å². The highest BCUT2D eigenvalue weighted by Crippen LogP contribution is 2.26. The molecule has 2 aromatic rings. The lowest BCUT2D eigenvalue weighted by Crippen LogP contribution is -2.20. The Bertz CT molecular complexity index is 966. The Kier molecular flexibility index (Phi) is 4.71. The van der Waals surface area contributed by atoms with Gasteiger partial charge in [0.1, 0.15) is 4.90 Å². The van der Waals surface area contributed by atoms with Crippen LogP contribution in [0.1, 0.15) is 16.8 Å². The normalized spacial score (nSPS) is 11.3. The number of nitro benzene ring substituents is 1. The first-order chi connectivity index (χ1) is 11.1. The summed E-state index contributed by atoms with van der Waals surface area (Å²) < 4.78 is 23.3. The number of nitrogens with two attached hydrogens (primary N) is 1. The number of aromatic nitrogens is 1. The lowest BCUT2D eigenvalue weighted by molar-refractivity contribution is -0.385. The molecule has 1 heterocycles. The van der Waals surface area contributed by atoms with Crippen molar-refractivity contribution in [2.75, 3.05) is 5.32 Å². The molecule has 0 unspecified atom stereocenters. The molecule has 2 rings (SSSR count). The van der Waals surface area contributed by atoms with Crippen molar-refractivity contribution >= 4 is 21.4 Å². The number of non-ortho nitro benzene ring substituents is 1. The second-order valence-corrected chi connectivity index (χ2v) is 6.81. The van der Waals surface area contributed by atoms with Gasteiger partial charge >= 0.3 is 0 Å². The number of aryl methyl sites for hydroxylation is 2. The van der Waals surface area contributed by atoms with Crippen LogP contribution in [0.4, 0.5) is 11.4 Å². The van der Waals surface area contributed by atoms with Crippen molar-refractivity contribution in [3.05, 3.63) is 61.6 Å². The van der Waals surface area contributed by atoms with E-state index >= 15 is 0 Å². The number of anilines is 1. The fourth-order valence-electron chi connectivity index (χ4n) is 2.29. The third-order valence-electron chi connectivity index (χ3n) is 3.43. The van der Waals surface area contributed by atoms with Crippen LogP contribution in [0.2, 0.25) is 0 Å². The summed E-state index contributed by atoms with van der Waals surface area (Å²) >= 11 is 0. The number of aromatic amines is 1. The zero-order valence-electron chi connectivity index (χ0n) is 13.0. The largest absolute Gasteiger partial charge is 0.380 e. The first-order valence-corrected chi connectivity index (χ1v) is 8.38. The van der Waals surface area contributed by atoms with Crippen molar-refractivity contribution < 1.29 is 13.3 Å². The summed E-state index contributed by atoms with van der Waals surface area (Å²) in [6.45, 7) is 3.55. The number of H-pyrrole nitrogens is 1. The van der Waals surface area contributed by atoms with E-state index in [1.54, 1.807) is 19.9 Å². The van der Waals surface area contributed by atoms with Gasteiger partial charge in [0.05, 0.1) is 10.6 Å². The molecule has 0 radical (unpaired) electrons. The molecule has 10 heteroatoms. The first kappa shape index (κ1) is 17.6. The maximum Gasteiger partial charge on any atom is 0.270 e. The average molecular weight is 352 g/mol. The molecule has 0 amide bonds.